The number of amides is 1. The fraction of sp³-hybridized carbons (Fsp3) is 0.474. The van der Waals surface area contributed by atoms with Crippen LogP contribution in [0.5, 0.6) is 5.75 Å². The number of likely N-dealkylation sites (N-methyl/N-ethyl adjacent to an activating group) is 1. The fourth-order valence-corrected chi connectivity index (χ4v) is 3.57. The Morgan fingerprint density at radius 2 is 2.23 bits per heavy atom. The van der Waals surface area contributed by atoms with Crippen molar-refractivity contribution in [2.45, 2.75) is 25.3 Å². The van der Waals surface area contributed by atoms with E-state index in [1.165, 1.54) is 6.07 Å². The molecule has 26 heavy (non-hydrogen) atoms. The number of imidazole rings is 1. The van der Waals surface area contributed by atoms with Crippen LogP contribution >= 0.6 is 11.6 Å². The van der Waals surface area contributed by atoms with E-state index in [4.69, 9.17) is 11.6 Å². The lowest BCUT2D eigenvalue weighted by atomic mass is 9.96. The highest BCUT2D eigenvalue weighted by Gasteiger charge is 2.29. The lowest BCUT2D eigenvalue weighted by Crippen LogP contribution is -2.40. The molecule has 2 aromatic rings. The molecule has 1 N–H and O–H groups in total. The topological polar surface area (TPSA) is 61.6 Å². The molecule has 6 nitrogen and oxygen atoms in total. The number of carbonyl (C=O) groups is 1. The van der Waals surface area contributed by atoms with Gasteiger partial charge in [-0.25, -0.2) is 4.98 Å². The number of aromatic nitrogens is 2. The van der Waals surface area contributed by atoms with Crippen LogP contribution < -0.4 is 0 Å². The van der Waals surface area contributed by atoms with Gasteiger partial charge in [-0.05, 0) is 45.1 Å². The summed E-state index contributed by atoms with van der Waals surface area (Å²) in [5, 5.41) is 10.5. The molecule has 1 amide bonds. The van der Waals surface area contributed by atoms with Gasteiger partial charge in [0, 0.05) is 49.5 Å². The molecule has 1 aromatic carbocycles. The summed E-state index contributed by atoms with van der Waals surface area (Å²) < 4.78 is 2.18. The van der Waals surface area contributed by atoms with Crippen molar-refractivity contribution in [3.8, 4) is 5.75 Å². The molecule has 0 radical (unpaired) electrons. The molecule has 3 rings (SSSR count). The normalized spacial score (nSPS) is 17.7. The van der Waals surface area contributed by atoms with Gasteiger partial charge in [-0.2, -0.15) is 0 Å². The summed E-state index contributed by atoms with van der Waals surface area (Å²) in [4.78, 5) is 21.3. The van der Waals surface area contributed by atoms with Crippen LogP contribution in [0.1, 0.15) is 34.9 Å². The molecular weight excluding hydrogens is 352 g/mol. The average Bonchev–Trinajstić information content (AvgIpc) is 3.08. The minimum absolute atomic E-state index is 0.0721. The molecule has 1 unspecified atom stereocenters. The molecule has 1 aromatic heterocycles. The molecule has 1 aliphatic rings. The fourth-order valence-electron chi connectivity index (χ4n) is 3.41. The minimum atomic E-state index is -0.157. The second-order valence-corrected chi connectivity index (χ2v) is 7.47. The van der Waals surface area contributed by atoms with E-state index in [1.54, 1.807) is 12.1 Å². The Bertz CT molecular complexity index is 775. The van der Waals surface area contributed by atoms with E-state index in [9.17, 15) is 9.90 Å². The first-order valence-corrected chi connectivity index (χ1v) is 9.27. The van der Waals surface area contributed by atoms with E-state index in [0.717, 1.165) is 31.8 Å². The van der Waals surface area contributed by atoms with E-state index in [0.29, 0.717) is 23.7 Å². The average molecular weight is 377 g/mol. The van der Waals surface area contributed by atoms with Crippen LogP contribution in [-0.4, -0.2) is 64.1 Å². The largest absolute Gasteiger partial charge is 0.507 e. The molecule has 7 heteroatoms. The van der Waals surface area contributed by atoms with Gasteiger partial charge >= 0.3 is 0 Å². The zero-order valence-corrected chi connectivity index (χ0v) is 16.0. The first-order valence-electron chi connectivity index (χ1n) is 8.89. The van der Waals surface area contributed by atoms with Crippen LogP contribution in [0.3, 0.4) is 0 Å². The number of phenols is 1. The quantitative estimate of drug-likeness (QED) is 0.871. The number of rotatable bonds is 5. The smallest absolute Gasteiger partial charge is 0.257 e. The molecule has 1 aliphatic heterocycles. The van der Waals surface area contributed by atoms with Crippen molar-refractivity contribution in [3.05, 3.63) is 47.0 Å². The number of likely N-dealkylation sites (tertiary alicyclic amines) is 1. The van der Waals surface area contributed by atoms with Gasteiger partial charge in [0.2, 0.25) is 0 Å². The Balaban J connectivity index is 1.73. The van der Waals surface area contributed by atoms with Crippen LogP contribution in [0.2, 0.25) is 5.02 Å². The molecule has 0 aliphatic carbocycles. The predicted molar refractivity (Wildman–Crippen MR) is 102 cm³/mol. The molecule has 2 heterocycles. The van der Waals surface area contributed by atoms with E-state index < -0.39 is 0 Å². The van der Waals surface area contributed by atoms with Crippen molar-refractivity contribution in [1.82, 2.24) is 19.4 Å². The van der Waals surface area contributed by atoms with Crippen LogP contribution in [0.15, 0.2) is 30.6 Å². The first kappa shape index (κ1) is 18.7. The second kappa shape index (κ2) is 8.10. The molecule has 140 valence electrons. The molecule has 0 bridgehead atoms. The van der Waals surface area contributed by atoms with E-state index in [-0.39, 0.29) is 17.6 Å². The summed E-state index contributed by atoms with van der Waals surface area (Å²) >= 11 is 5.87. The monoisotopic (exact) mass is 376 g/mol. The zero-order valence-electron chi connectivity index (χ0n) is 15.2. The van der Waals surface area contributed by atoms with Gasteiger partial charge in [-0.3, -0.25) is 4.79 Å². The number of hydrogen-bond donors (Lipinski definition) is 1. The van der Waals surface area contributed by atoms with Crippen molar-refractivity contribution in [2.75, 3.05) is 33.7 Å². The summed E-state index contributed by atoms with van der Waals surface area (Å²) in [5.41, 5.74) is 0.297. The number of carbonyl (C=O) groups excluding carboxylic acids is 1. The lowest BCUT2D eigenvalue weighted by Gasteiger charge is -2.33. The highest BCUT2D eigenvalue weighted by molar-refractivity contribution is 6.30. The van der Waals surface area contributed by atoms with Crippen molar-refractivity contribution in [2.24, 2.45) is 0 Å². The standard InChI is InChI=1S/C19H25ClN4O2/c1-22(2)10-11-23-9-7-21-18(23)14-4-3-8-24(13-14)19(26)16-6-5-15(20)12-17(16)25/h5-7,9,12,14,25H,3-4,8,10-11,13H2,1-2H3. The maximum absolute atomic E-state index is 12.8. The first-order chi connectivity index (χ1) is 12.5. The number of hydrogen-bond acceptors (Lipinski definition) is 4. The summed E-state index contributed by atoms with van der Waals surface area (Å²) in [6.07, 6.45) is 5.77. The number of benzene rings is 1. The Morgan fingerprint density at radius 3 is 2.96 bits per heavy atom. The molecule has 1 atom stereocenters. The Morgan fingerprint density at radius 1 is 1.42 bits per heavy atom. The van der Waals surface area contributed by atoms with Crippen molar-refractivity contribution in [3.63, 3.8) is 0 Å². The summed E-state index contributed by atoms with van der Waals surface area (Å²) in [5.74, 6) is 1.01. The van der Waals surface area contributed by atoms with Gasteiger partial charge in [0.05, 0.1) is 5.56 Å². The number of phenolic OH excluding ortho intramolecular Hbond substituents is 1. The maximum Gasteiger partial charge on any atom is 0.257 e. The number of piperidine rings is 1. The summed E-state index contributed by atoms with van der Waals surface area (Å²) in [7, 11) is 4.10. The van der Waals surface area contributed by atoms with E-state index >= 15 is 0 Å². The molecular formula is C19H25ClN4O2. The van der Waals surface area contributed by atoms with Gasteiger partial charge in [0.25, 0.3) is 5.91 Å². The number of nitrogens with zero attached hydrogens (tertiary/aromatic N) is 4. The highest BCUT2D eigenvalue weighted by Crippen LogP contribution is 2.29. The van der Waals surface area contributed by atoms with Gasteiger partial charge < -0.3 is 19.5 Å². The lowest BCUT2D eigenvalue weighted by molar-refractivity contribution is 0.0700. The van der Waals surface area contributed by atoms with E-state index in [2.05, 4.69) is 28.5 Å². The molecule has 0 spiro atoms. The van der Waals surface area contributed by atoms with E-state index in [1.807, 2.05) is 17.3 Å². The second-order valence-electron chi connectivity index (χ2n) is 7.03. The number of aromatic hydroxyl groups is 1. The zero-order chi connectivity index (χ0) is 18.7. The third-order valence-corrected chi connectivity index (χ3v) is 5.03. The predicted octanol–water partition coefficient (Wildman–Crippen LogP) is 2.82. The minimum Gasteiger partial charge on any atom is -0.507 e. The third kappa shape index (κ3) is 4.19. The van der Waals surface area contributed by atoms with Gasteiger partial charge in [0.1, 0.15) is 11.6 Å². The van der Waals surface area contributed by atoms with Crippen molar-refractivity contribution < 1.29 is 9.90 Å². The SMILES string of the molecule is CN(C)CCn1ccnc1C1CCCN(C(=O)c2ccc(Cl)cc2O)C1. The highest BCUT2D eigenvalue weighted by atomic mass is 35.5. The summed E-state index contributed by atoms with van der Waals surface area (Å²) in [6.45, 7) is 3.12. The molecule has 1 fully saturated rings. The van der Waals surface area contributed by atoms with Gasteiger partial charge in [0.15, 0.2) is 0 Å². The number of halogens is 1. The Hall–Kier alpha value is -2.05. The molecule has 0 saturated carbocycles. The third-order valence-electron chi connectivity index (χ3n) is 4.80. The van der Waals surface area contributed by atoms with Crippen LogP contribution in [0.4, 0.5) is 0 Å². The van der Waals surface area contributed by atoms with Crippen molar-refractivity contribution >= 4 is 17.5 Å². The maximum atomic E-state index is 12.8. The van der Waals surface area contributed by atoms with Crippen LogP contribution in [0, 0.1) is 0 Å². The Kier molecular flexibility index (Phi) is 5.84. The van der Waals surface area contributed by atoms with Crippen LogP contribution in [-0.2, 0) is 6.54 Å². The van der Waals surface area contributed by atoms with Gasteiger partial charge in [-0.15, -0.1) is 0 Å². The summed E-state index contributed by atoms with van der Waals surface area (Å²) in [6, 6.07) is 4.62. The van der Waals surface area contributed by atoms with Crippen molar-refractivity contribution in [1.29, 1.82) is 0 Å². The molecule has 1 saturated heterocycles. The Labute approximate surface area is 159 Å². The van der Waals surface area contributed by atoms with Gasteiger partial charge in [-0.1, -0.05) is 11.6 Å². The van der Waals surface area contributed by atoms with Crippen LogP contribution in [0.25, 0.3) is 0 Å².